The minimum absolute atomic E-state index is 0.0385. The van der Waals surface area contributed by atoms with Gasteiger partial charge in [-0.15, -0.1) is 0 Å². The lowest BCUT2D eigenvalue weighted by molar-refractivity contribution is 0.0504. The average molecular weight is 367 g/mol. The molecule has 2 aromatic rings. The maximum atomic E-state index is 11.0. The maximum Gasteiger partial charge on any atom is 0.407 e. The summed E-state index contributed by atoms with van der Waals surface area (Å²) in [6.07, 6.45) is 3.97. The molecule has 2 atom stereocenters. The molecule has 0 spiro atoms. The van der Waals surface area contributed by atoms with Crippen molar-refractivity contribution < 1.29 is 19.7 Å². The van der Waals surface area contributed by atoms with Gasteiger partial charge in [0.1, 0.15) is 5.75 Å². The molecule has 5 heteroatoms. The van der Waals surface area contributed by atoms with Crippen molar-refractivity contribution in [2.75, 3.05) is 19.7 Å². The monoisotopic (exact) mass is 367 g/mol. The first kappa shape index (κ1) is 19.0. The van der Waals surface area contributed by atoms with E-state index in [9.17, 15) is 9.90 Å². The van der Waals surface area contributed by atoms with Gasteiger partial charge in [0.2, 0.25) is 0 Å². The summed E-state index contributed by atoms with van der Waals surface area (Å²) in [6, 6.07) is 17.9. The van der Waals surface area contributed by atoms with E-state index in [4.69, 9.17) is 9.84 Å². The first-order valence-corrected chi connectivity index (χ1v) is 9.24. The Hall–Kier alpha value is -2.79. The first-order valence-electron chi connectivity index (χ1n) is 9.24. The van der Waals surface area contributed by atoms with E-state index in [1.165, 1.54) is 10.5 Å². The highest BCUT2D eigenvalue weighted by Crippen LogP contribution is 2.29. The van der Waals surface area contributed by atoms with Gasteiger partial charge in [-0.05, 0) is 36.1 Å². The zero-order valence-corrected chi connectivity index (χ0v) is 15.2. The quantitative estimate of drug-likeness (QED) is 0.757. The van der Waals surface area contributed by atoms with Crippen molar-refractivity contribution >= 4 is 12.2 Å². The number of hydrogen-bond donors (Lipinski definition) is 2. The molecule has 2 aromatic carbocycles. The summed E-state index contributed by atoms with van der Waals surface area (Å²) in [5.41, 5.74) is 2.19. The van der Waals surface area contributed by atoms with Crippen molar-refractivity contribution in [3.63, 3.8) is 0 Å². The Morgan fingerprint density at radius 3 is 2.56 bits per heavy atom. The second-order valence-corrected chi connectivity index (χ2v) is 6.71. The molecule has 2 N–H and O–H groups in total. The summed E-state index contributed by atoms with van der Waals surface area (Å²) in [6.45, 7) is 1.21. The highest BCUT2D eigenvalue weighted by molar-refractivity contribution is 5.65. The number of hydrogen-bond acceptors (Lipinski definition) is 3. The van der Waals surface area contributed by atoms with Crippen LogP contribution in [0.15, 0.2) is 60.7 Å². The van der Waals surface area contributed by atoms with Gasteiger partial charge in [0.05, 0.1) is 19.3 Å². The van der Waals surface area contributed by atoms with Crippen LogP contribution in [0.4, 0.5) is 4.79 Å². The fourth-order valence-corrected chi connectivity index (χ4v) is 3.33. The van der Waals surface area contributed by atoms with Crippen LogP contribution in [0.3, 0.4) is 0 Å². The molecule has 3 rings (SSSR count). The van der Waals surface area contributed by atoms with Crippen LogP contribution in [-0.2, 0) is 0 Å². The number of nitrogens with zero attached hydrogens (tertiary/aromatic N) is 1. The summed E-state index contributed by atoms with van der Waals surface area (Å²) in [7, 11) is 0. The van der Waals surface area contributed by atoms with Crippen LogP contribution in [0.5, 0.6) is 5.75 Å². The fraction of sp³-hybridized carbons (Fsp3) is 0.318. The molecule has 0 aliphatic carbocycles. The molecule has 1 aliphatic heterocycles. The normalized spacial score (nSPS) is 20.0. The predicted molar refractivity (Wildman–Crippen MR) is 105 cm³/mol. The van der Waals surface area contributed by atoms with E-state index in [2.05, 4.69) is 24.3 Å². The summed E-state index contributed by atoms with van der Waals surface area (Å²) >= 11 is 0. The molecular formula is C22H25NO4. The molecule has 1 heterocycles. The third-order valence-corrected chi connectivity index (χ3v) is 4.82. The van der Waals surface area contributed by atoms with Crippen LogP contribution < -0.4 is 4.74 Å². The second-order valence-electron chi connectivity index (χ2n) is 6.71. The van der Waals surface area contributed by atoms with Gasteiger partial charge in [0, 0.05) is 12.5 Å². The highest BCUT2D eigenvalue weighted by Gasteiger charge is 2.30. The van der Waals surface area contributed by atoms with Crippen molar-refractivity contribution in [1.29, 1.82) is 0 Å². The molecule has 27 heavy (non-hydrogen) atoms. The number of carboxylic acid groups (broad SMARTS) is 1. The third kappa shape index (κ3) is 5.34. The SMILES string of the molecule is O=C(O)N1CCC(c2ccc(OCC/C=C/c3ccccc3)cc2)C(O)C1. The van der Waals surface area contributed by atoms with Gasteiger partial charge in [0.15, 0.2) is 0 Å². The van der Waals surface area contributed by atoms with Crippen molar-refractivity contribution in [1.82, 2.24) is 4.90 Å². The fourth-order valence-electron chi connectivity index (χ4n) is 3.33. The molecule has 1 amide bonds. The number of likely N-dealkylation sites (tertiary alicyclic amines) is 1. The third-order valence-electron chi connectivity index (χ3n) is 4.82. The Morgan fingerprint density at radius 2 is 1.89 bits per heavy atom. The molecule has 5 nitrogen and oxygen atoms in total. The standard InChI is InChI=1S/C22H25NO4/c24-21-16-23(22(25)26)14-13-20(21)18-9-11-19(12-10-18)27-15-5-4-8-17-6-2-1-3-7-17/h1-4,6-12,20-21,24H,5,13-16H2,(H,25,26)/b8-4+. The van der Waals surface area contributed by atoms with Crippen LogP contribution in [0.25, 0.3) is 6.08 Å². The summed E-state index contributed by atoms with van der Waals surface area (Å²) < 4.78 is 5.76. The van der Waals surface area contributed by atoms with E-state index in [1.54, 1.807) is 0 Å². The first-order chi connectivity index (χ1) is 13.1. The van der Waals surface area contributed by atoms with E-state index in [0.717, 1.165) is 17.7 Å². The van der Waals surface area contributed by atoms with Gasteiger partial charge < -0.3 is 19.8 Å². The van der Waals surface area contributed by atoms with Crippen molar-refractivity contribution in [3.8, 4) is 5.75 Å². The maximum absolute atomic E-state index is 11.0. The lowest BCUT2D eigenvalue weighted by Gasteiger charge is -2.34. The van der Waals surface area contributed by atoms with Gasteiger partial charge in [-0.1, -0.05) is 54.6 Å². The Balaban J connectivity index is 1.46. The zero-order valence-electron chi connectivity index (χ0n) is 15.2. The second kappa shape index (κ2) is 9.24. The van der Waals surface area contributed by atoms with Gasteiger partial charge in [-0.2, -0.15) is 0 Å². The Kier molecular flexibility index (Phi) is 6.49. The number of ether oxygens (including phenoxy) is 1. The number of piperidine rings is 1. The molecule has 1 saturated heterocycles. The van der Waals surface area contributed by atoms with Crippen LogP contribution >= 0.6 is 0 Å². The van der Waals surface area contributed by atoms with Crippen LogP contribution in [0, 0.1) is 0 Å². The average Bonchev–Trinajstić information content (AvgIpc) is 2.69. The Bertz CT molecular complexity index is 758. The number of aliphatic hydroxyl groups is 1. The summed E-state index contributed by atoms with van der Waals surface area (Å²) in [5.74, 6) is 0.757. The Morgan fingerprint density at radius 1 is 1.15 bits per heavy atom. The topological polar surface area (TPSA) is 70.0 Å². The van der Waals surface area contributed by atoms with Crippen molar-refractivity contribution in [2.24, 2.45) is 0 Å². The molecule has 1 fully saturated rings. The number of rotatable bonds is 6. The summed E-state index contributed by atoms with van der Waals surface area (Å²) in [5, 5.41) is 19.3. The number of benzene rings is 2. The lowest BCUT2D eigenvalue weighted by atomic mass is 9.87. The predicted octanol–water partition coefficient (Wildman–Crippen LogP) is 4.00. The molecule has 0 aromatic heterocycles. The molecule has 0 saturated carbocycles. The molecule has 0 radical (unpaired) electrons. The molecule has 2 unspecified atom stereocenters. The smallest absolute Gasteiger partial charge is 0.407 e. The number of β-amino-alcohol motifs (C(OH)–C–C–N with tert-alkyl or cyclic N) is 1. The van der Waals surface area contributed by atoms with Gasteiger partial charge in [-0.25, -0.2) is 4.79 Å². The van der Waals surface area contributed by atoms with Crippen LogP contribution in [0.2, 0.25) is 0 Å². The zero-order chi connectivity index (χ0) is 19.1. The number of amides is 1. The largest absolute Gasteiger partial charge is 0.493 e. The van der Waals surface area contributed by atoms with Crippen LogP contribution in [0.1, 0.15) is 29.9 Å². The van der Waals surface area contributed by atoms with E-state index in [1.807, 2.05) is 42.5 Å². The van der Waals surface area contributed by atoms with Gasteiger partial charge in [-0.3, -0.25) is 0 Å². The van der Waals surface area contributed by atoms with Crippen molar-refractivity contribution in [3.05, 3.63) is 71.8 Å². The van der Waals surface area contributed by atoms with E-state index < -0.39 is 12.2 Å². The van der Waals surface area contributed by atoms with Crippen LogP contribution in [-0.4, -0.2) is 47.0 Å². The number of aliphatic hydroxyl groups excluding tert-OH is 1. The molecular weight excluding hydrogens is 342 g/mol. The molecule has 142 valence electrons. The molecule has 0 bridgehead atoms. The highest BCUT2D eigenvalue weighted by atomic mass is 16.5. The minimum atomic E-state index is -0.974. The van der Waals surface area contributed by atoms with E-state index in [0.29, 0.717) is 19.6 Å². The van der Waals surface area contributed by atoms with Gasteiger partial charge >= 0.3 is 6.09 Å². The minimum Gasteiger partial charge on any atom is -0.493 e. The lowest BCUT2D eigenvalue weighted by Crippen LogP contribution is -2.45. The molecule has 1 aliphatic rings. The number of carbonyl (C=O) groups is 1. The summed E-state index contributed by atoms with van der Waals surface area (Å²) in [4.78, 5) is 12.3. The Labute approximate surface area is 159 Å². The van der Waals surface area contributed by atoms with Crippen molar-refractivity contribution in [2.45, 2.75) is 24.9 Å². The van der Waals surface area contributed by atoms with Gasteiger partial charge in [0.25, 0.3) is 0 Å². The van der Waals surface area contributed by atoms with E-state index >= 15 is 0 Å². The van der Waals surface area contributed by atoms with E-state index in [-0.39, 0.29) is 12.5 Å².